The van der Waals surface area contributed by atoms with Gasteiger partial charge >= 0.3 is 0 Å². The smallest absolute Gasteiger partial charge is 0.137 e. The van der Waals surface area contributed by atoms with Crippen molar-refractivity contribution in [3.8, 4) is 0 Å². The van der Waals surface area contributed by atoms with Crippen LogP contribution in [0.2, 0.25) is 0 Å². The van der Waals surface area contributed by atoms with Crippen LogP contribution in [0.15, 0.2) is 16.6 Å². The van der Waals surface area contributed by atoms with Crippen LogP contribution in [-0.4, -0.2) is 0 Å². The number of hydrogen-bond acceptors (Lipinski definition) is 0. The number of hydrogen-bond donors (Lipinski definition) is 0. The summed E-state index contributed by atoms with van der Waals surface area (Å²) in [4.78, 5) is 0. The van der Waals surface area contributed by atoms with Crippen molar-refractivity contribution in [2.24, 2.45) is 0 Å². The Morgan fingerprint density at radius 3 is 2.56 bits per heavy atom. The van der Waals surface area contributed by atoms with E-state index in [4.69, 9.17) is 11.6 Å². The highest BCUT2D eigenvalue weighted by atomic mass is 79.9. The molecule has 1 unspecified atom stereocenters. The molecule has 0 radical (unpaired) electrons. The lowest BCUT2D eigenvalue weighted by Crippen LogP contribution is -1.97. The van der Waals surface area contributed by atoms with Gasteiger partial charge in [0.15, 0.2) is 0 Å². The first-order valence-electron chi connectivity index (χ1n) is 5.34. The second kappa shape index (κ2) is 6.55. The Morgan fingerprint density at radius 2 is 1.94 bits per heavy atom. The highest BCUT2D eigenvalue weighted by Crippen LogP contribution is 2.31. The molecule has 0 amide bonds. The summed E-state index contributed by atoms with van der Waals surface area (Å²) in [6.07, 6.45) is 3.75. The van der Waals surface area contributed by atoms with Crippen LogP contribution < -0.4 is 0 Å². The predicted octanol–water partition coefficient (Wildman–Crippen LogP) is 5.59. The van der Waals surface area contributed by atoms with Crippen LogP contribution in [0.3, 0.4) is 0 Å². The SMILES string of the molecule is CCCCCC(Cl)c1cc(F)c(Br)cc1F. The maximum Gasteiger partial charge on any atom is 0.137 e. The van der Waals surface area contributed by atoms with Gasteiger partial charge in [0, 0.05) is 5.56 Å². The van der Waals surface area contributed by atoms with E-state index in [2.05, 4.69) is 22.9 Å². The maximum absolute atomic E-state index is 13.5. The highest BCUT2D eigenvalue weighted by Gasteiger charge is 2.15. The van der Waals surface area contributed by atoms with Gasteiger partial charge in [-0.2, -0.15) is 0 Å². The normalized spacial score (nSPS) is 12.8. The molecule has 0 aromatic heterocycles. The van der Waals surface area contributed by atoms with Gasteiger partial charge in [-0.25, -0.2) is 8.78 Å². The van der Waals surface area contributed by atoms with E-state index in [-0.39, 0.29) is 10.0 Å². The molecule has 0 aliphatic carbocycles. The van der Waals surface area contributed by atoms with Crippen molar-refractivity contribution in [3.63, 3.8) is 0 Å². The second-order valence-electron chi connectivity index (χ2n) is 3.75. The summed E-state index contributed by atoms with van der Waals surface area (Å²) in [5.74, 6) is -0.928. The van der Waals surface area contributed by atoms with E-state index >= 15 is 0 Å². The van der Waals surface area contributed by atoms with Crippen LogP contribution >= 0.6 is 27.5 Å². The lowest BCUT2D eigenvalue weighted by Gasteiger charge is -2.11. The Kier molecular flexibility index (Phi) is 5.70. The Balaban J connectivity index is 2.75. The molecule has 1 rings (SSSR count). The van der Waals surface area contributed by atoms with Gasteiger partial charge in [0.05, 0.1) is 9.85 Å². The van der Waals surface area contributed by atoms with E-state index in [1.54, 1.807) is 0 Å². The Bertz CT molecular complexity index is 355. The Morgan fingerprint density at radius 1 is 1.25 bits per heavy atom. The summed E-state index contributed by atoms with van der Waals surface area (Å²) in [6, 6.07) is 2.29. The molecule has 1 aromatic carbocycles. The molecule has 0 nitrogen and oxygen atoms in total. The van der Waals surface area contributed by atoms with Gasteiger partial charge in [0.1, 0.15) is 11.6 Å². The van der Waals surface area contributed by atoms with Gasteiger partial charge in [-0.1, -0.05) is 26.2 Å². The molecular formula is C12H14BrClF2. The van der Waals surface area contributed by atoms with Crippen LogP contribution in [0.1, 0.15) is 43.5 Å². The first kappa shape index (κ1) is 13.9. The minimum atomic E-state index is -0.474. The van der Waals surface area contributed by atoms with E-state index in [0.29, 0.717) is 6.42 Å². The first-order chi connectivity index (χ1) is 7.56. The Labute approximate surface area is 108 Å². The number of alkyl halides is 1. The molecule has 1 aromatic rings. The third-order valence-electron chi connectivity index (χ3n) is 2.44. The number of rotatable bonds is 5. The maximum atomic E-state index is 13.5. The van der Waals surface area contributed by atoms with Gasteiger partial charge in [-0.15, -0.1) is 11.6 Å². The zero-order chi connectivity index (χ0) is 12.1. The molecule has 16 heavy (non-hydrogen) atoms. The molecule has 0 saturated carbocycles. The van der Waals surface area contributed by atoms with E-state index in [0.717, 1.165) is 25.3 Å². The highest BCUT2D eigenvalue weighted by molar-refractivity contribution is 9.10. The van der Waals surface area contributed by atoms with Crippen LogP contribution in [0.5, 0.6) is 0 Å². The lowest BCUT2D eigenvalue weighted by atomic mass is 10.1. The average molecular weight is 312 g/mol. The lowest BCUT2D eigenvalue weighted by molar-refractivity contribution is 0.565. The van der Waals surface area contributed by atoms with Gasteiger partial charge < -0.3 is 0 Å². The minimum absolute atomic E-state index is 0.131. The molecule has 0 aliphatic heterocycles. The molecule has 1 atom stereocenters. The molecule has 4 heteroatoms. The van der Waals surface area contributed by atoms with Gasteiger partial charge in [-0.3, -0.25) is 0 Å². The Hall–Kier alpha value is -0.150. The summed E-state index contributed by atoms with van der Waals surface area (Å²) in [6.45, 7) is 2.09. The summed E-state index contributed by atoms with van der Waals surface area (Å²) < 4.78 is 26.9. The van der Waals surface area contributed by atoms with Crippen LogP contribution in [0, 0.1) is 11.6 Å². The zero-order valence-electron chi connectivity index (χ0n) is 9.07. The molecule has 0 saturated heterocycles. The molecule has 0 heterocycles. The monoisotopic (exact) mass is 310 g/mol. The predicted molar refractivity (Wildman–Crippen MR) is 66.8 cm³/mol. The number of unbranched alkanes of at least 4 members (excludes halogenated alkanes) is 2. The topological polar surface area (TPSA) is 0 Å². The van der Waals surface area contributed by atoms with Crippen molar-refractivity contribution in [3.05, 3.63) is 33.8 Å². The van der Waals surface area contributed by atoms with Crippen molar-refractivity contribution in [1.82, 2.24) is 0 Å². The van der Waals surface area contributed by atoms with E-state index in [1.807, 2.05) is 0 Å². The van der Waals surface area contributed by atoms with Crippen molar-refractivity contribution >= 4 is 27.5 Å². The van der Waals surface area contributed by atoms with Crippen molar-refractivity contribution in [2.45, 2.75) is 38.0 Å². The molecule has 0 spiro atoms. The number of halogens is 4. The standard InChI is InChI=1S/C12H14BrClF2/c1-2-3-4-5-10(14)8-6-12(16)9(13)7-11(8)15/h6-7,10H,2-5H2,1H3. The van der Waals surface area contributed by atoms with Crippen LogP contribution in [0.4, 0.5) is 8.78 Å². The largest absolute Gasteiger partial charge is 0.207 e. The summed E-state index contributed by atoms with van der Waals surface area (Å²) in [5, 5.41) is -0.450. The van der Waals surface area contributed by atoms with Crippen molar-refractivity contribution in [1.29, 1.82) is 0 Å². The first-order valence-corrected chi connectivity index (χ1v) is 6.57. The second-order valence-corrected chi connectivity index (χ2v) is 5.13. The zero-order valence-corrected chi connectivity index (χ0v) is 11.4. The van der Waals surface area contributed by atoms with Crippen molar-refractivity contribution < 1.29 is 8.78 Å². The molecule has 0 aliphatic rings. The molecule has 90 valence electrons. The molecule has 0 fully saturated rings. The molecule has 0 bridgehead atoms. The molecular weight excluding hydrogens is 297 g/mol. The third-order valence-corrected chi connectivity index (χ3v) is 3.50. The van der Waals surface area contributed by atoms with E-state index in [9.17, 15) is 8.78 Å². The van der Waals surface area contributed by atoms with Crippen molar-refractivity contribution in [2.75, 3.05) is 0 Å². The van der Waals surface area contributed by atoms with Crippen LogP contribution in [0.25, 0.3) is 0 Å². The van der Waals surface area contributed by atoms with Gasteiger partial charge in [0.25, 0.3) is 0 Å². The quantitative estimate of drug-likeness (QED) is 0.378. The van der Waals surface area contributed by atoms with E-state index < -0.39 is 17.0 Å². The van der Waals surface area contributed by atoms with Gasteiger partial charge in [-0.05, 0) is 34.5 Å². The minimum Gasteiger partial charge on any atom is -0.207 e. The summed E-state index contributed by atoms with van der Waals surface area (Å²) >= 11 is 8.98. The fourth-order valence-corrected chi connectivity index (χ4v) is 2.14. The number of benzene rings is 1. The fraction of sp³-hybridized carbons (Fsp3) is 0.500. The fourth-order valence-electron chi connectivity index (χ4n) is 1.51. The van der Waals surface area contributed by atoms with E-state index in [1.165, 1.54) is 6.07 Å². The molecule has 0 N–H and O–H groups in total. The summed E-state index contributed by atoms with van der Waals surface area (Å²) in [5.41, 5.74) is 0.249. The average Bonchev–Trinajstić information content (AvgIpc) is 2.23. The third kappa shape index (κ3) is 3.70. The van der Waals surface area contributed by atoms with Gasteiger partial charge in [0.2, 0.25) is 0 Å². The summed E-state index contributed by atoms with van der Waals surface area (Å²) in [7, 11) is 0. The van der Waals surface area contributed by atoms with Crippen LogP contribution in [-0.2, 0) is 0 Å².